The van der Waals surface area contributed by atoms with Crippen molar-refractivity contribution in [1.29, 1.82) is 0 Å². The van der Waals surface area contributed by atoms with Gasteiger partial charge in [0.25, 0.3) is 0 Å². The first kappa shape index (κ1) is 15.9. The number of hydrogen-bond donors (Lipinski definition) is 2. The van der Waals surface area contributed by atoms with Crippen LogP contribution in [0.3, 0.4) is 0 Å². The number of β-lactam (4-membered cyclic amide) rings is 1. The molecular formula is C15H17N3O4S. The summed E-state index contributed by atoms with van der Waals surface area (Å²) in [4.78, 5) is 25.8. The van der Waals surface area contributed by atoms with Gasteiger partial charge in [0.2, 0.25) is 5.91 Å². The second-order valence-corrected chi connectivity index (χ2v) is 6.79. The molecule has 2 aliphatic rings. The number of hydrogen-bond acceptors (Lipinski definition) is 6. The van der Waals surface area contributed by atoms with Crippen LogP contribution in [0.5, 0.6) is 0 Å². The van der Waals surface area contributed by atoms with Crippen LogP contribution in [0.1, 0.15) is 19.5 Å². The Morgan fingerprint density at radius 3 is 2.83 bits per heavy atom. The zero-order chi connectivity index (χ0) is 16.7. The molecule has 0 radical (unpaired) electrons. The van der Waals surface area contributed by atoms with Gasteiger partial charge in [-0.15, -0.1) is 11.8 Å². The molecule has 1 saturated heterocycles. The Balaban J connectivity index is 1.86. The first-order valence-corrected chi connectivity index (χ1v) is 8.30. The van der Waals surface area contributed by atoms with E-state index in [9.17, 15) is 19.8 Å². The largest absolute Gasteiger partial charge is 0.477 e. The Hall–Kier alpha value is -1.93. The second-order valence-electron chi connectivity index (χ2n) is 5.78. The third-order valence-electron chi connectivity index (χ3n) is 4.31. The predicted molar refractivity (Wildman–Crippen MR) is 83.0 cm³/mol. The van der Waals surface area contributed by atoms with Gasteiger partial charge in [0.05, 0.1) is 23.8 Å². The van der Waals surface area contributed by atoms with Crippen LogP contribution in [0.15, 0.2) is 28.9 Å². The highest BCUT2D eigenvalue weighted by Gasteiger charge is 2.59. The highest BCUT2D eigenvalue weighted by molar-refractivity contribution is 8.02. The van der Waals surface area contributed by atoms with Crippen molar-refractivity contribution in [3.8, 4) is 0 Å². The van der Waals surface area contributed by atoms with Crippen molar-refractivity contribution in [2.45, 2.75) is 31.7 Å². The topological polar surface area (TPSA) is 104 Å². The number of amides is 1. The van der Waals surface area contributed by atoms with Gasteiger partial charge in [0, 0.05) is 22.8 Å². The van der Waals surface area contributed by atoms with Crippen LogP contribution in [0.4, 0.5) is 0 Å². The number of aliphatic hydroxyl groups is 1. The zero-order valence-corrected chi connectivity index (χ0v) is 13.5. The van der Waals surface area contributed by atoms with Gasteiger partial charge >= 0.3 is 5.97 Å². The molecule has 2 aliphatic heterocycles. The normalized spacial score (nSPS) is 27.7. The SMILES string of the molecule is C[C@@H](O)[C@H]1C(=O)N2C(C(=O)O)=C(SCc3cccnn3)[C@H](C)[C@H]12. The molecule has 0 spiro atoms. The number of aliphatic hydroxyl groups excluding tert-OH is 1. The molecule has 0 aromatic carbocycles. The summed E-state index contributed by atoms with van der Waals surface area (Å²) < 4.78 is 0. The Bertz CT molecular complexity index is 677. The van der Waals surface area contributed by atoms with E-state index in [4.69, 9.17) is 0 Å². The Morgan fingerprint density at radius 1 is 1.52 bits per heavy atom. The monoisotopic (exact) mass is 335 g/mol. The lowest BCUT2D eigenvalue weighted by Gasteiger charge is -2.46. The maximum Gasteiger partial charge on any atom is 0.353 e. The molecule has 1 aromatic heterocycles. The van der Waals surface area contributed by atoms with Gasteiger partial charge < -0.3 is 15.1 Å². The van der Waals surface area contributed by atoms with Gasteiger partial charge in [-0.1, -0.05) is 6.92 Å². The highest BCUT2D eigenvalue weighted by atomic mass is 32.2. The van der Waals surface area contributed by atoms with E-state index < -0.39 is 18.0 Å². The molecule has 1 amide bonds. The number of carbonyl (C=O) groups is 2. The molecule has 0 saturated carbocycles. The van der Waals surface area contributed by atoms with E-state index in [0.717, 1.165) is 5.69 Å². The quantitative estimate of drug-likeness (QED) is 0.769. The Labute approximate surface area is 137 Å². The van der Waals surface area contributed by atoms with Crippen LogP contribution >= 0.6 is 11.8 Å². The van der Waals surface area contributed by atoms with Crippen LogP contribution in [0.2, 0.25) is 0 Å². The molecule has 23 heavy (non-hydrogen) atoms. The molecule has 0 unspecified atom stereocenters. The van der Waals surface area contributed by atoms with E-state index in [1.54, 1.807) is 19.2 Å². The summed E-state index contributed by atoms with van der Waals surface area (Å²) in [6, 6.07) is 3.31. The number of thioether (sulfide) groups is 1. The fourth-order valence-corrected chi connectivity index (χ4v) is 4.46. The van der Waals surface area contributed by atoms with Gasteiger partial charge in [-0.05, 0) is 19.1 Å². The standard InChI is InChI=1S/C15H17N3O4S/c1-7-11-10(8(2)19)14(20)18(11)12(15(21)22)13(7)23-6-9-4-3-5-16-17-9/h3-5,7-8,10-11,19H,6H2,1-2H3,(H,21,22)/t7-,8-,10-,11-/m1/s1. The van der Waals surface area contributed by atoms with Crippen LogP contribution < -0.4 is 0 Å². The smallest absolute Gasteiger partial charge is 0.353 e. The second kappa shape index (κ2) is 5.93. The molecule has 3 rings (SSSR count). The fourth-order valence-electron chi connectivity index (χ4n) is 3.28. The van der Waals surface area contributed by atoms with Crippen LogP contribution in [-0.2, 0) is 15.3 Å². The number of aromatic nitrogens is 2. The van der Waals surface area contributed by atoms with E-state index in [2.05, 4.69) is 10.2 Å². The molecule has 0 bridgehead atoms. The van der Waals surface area contributed by atoms with Crippen LogP contribution in [-0.4, -0.2) is 49.3 Å². The zero-order valence-electron chi connectivity index (χ0n) is 12.7. The molecule has 4 atom stereocenters. The third kappa shape index (κ3) is 2.51. The molecule has 2 N–H and O–H groups in total. The number of fused-ring (bicyclic) bond motifs is 1. The van der Waals surface area contributed by atoms with Crippen molar-refractivity contribution < 1.29 is 19.8 Å². The van der Waals surface area contributed by atoms with E-state index in [1.165, 1.54) is 16.7 Å². The summed E-state index contributed by atoms with van der Waals surface area (Å²) in [6.07, 6.45) is 0.789. The summed E-state index contributed by atoms with van der Waals surface area (Å²) >= 11 is 1.37. The van der Waals surface area contributed by atoms with E-state index >= 15 is 0 Å². The number of aliphatic carboxylic acids is 1. The van der Waals surface area contributed by atoms with E-state index in [-0.39, 0.29) is 23.6 Å². The number of nitrogens with zero attached hydrogens (tertiary/aromatic N) is 3. The highest BCUT2D eigenvalue weighted by Crippen LogP contribution is 2.50. The summed E-state index contributed by atoms with van der Waals surface area (Å²) in [7, 11) is 0. The molecule has 122 valence electrons. The summed E-state index contributed by atoms with van der Waals surface area (Å²) in [6.45, 7) is 3.46. The number of carboxylic acid groups (broad SMARTS) is 1. The van der Waals surface area contributed by atoms with Gasteiger partial charge in [-0.25, -0.2) is 4.79 Å². The number of carbonyl (C=O) groups excluding carboxylic acids is 1. The average Bonchev–Trinajstić information content (AvgIpc) is 2.75. The van der Waals surface area contributed by atoms with E-state index in [1.807, 2.05) is 13.0 Å². The lowest BCUT2D eigenvalue weighted by Crippen LogP contribution is -2.63. The van der Waals surface area contributed by atoms with Gasteiger partial charge in [0.15, 0.2) is 0 Å². The maximum atomic E-state index is 12.2. The third-order valence-corrected chi connectivity index (χ3v) is 5.63. The minimum Gasteiger partial charge on any atom is -0.477 e. The lowest BCUT2D eigenvalue weighted by molar-refractivity contribution is -0.163. The molecule has 7 nitrogen and oxygen atoms in total. The van der Waals surface area contributed by atoms with Crippen molar-refractivity contribution in [3.05, 3.63) is 34.6 Å². The molecule has 0 aliphatic carbocycles. The molecule has 8 heteroatoms. The first-order valence-electron chi connectivity index (χ1n) is 7.31. The minimum absolute atomic E-state index is 0.0401. The van der Waals surface area contributed by atoms with Crippen molar-refractivity contribution in [3.63, 3.8) is 0 Å². The van der Waals surface area contributed by atoms with Crippen LogP contribution in [0, 0.1) is 11.8 Å². The number of carboxylic acids is 1. The van der Waals surface area contributed by atoms with Gasteiger partial charge in [-0.3, -0.25) is 4.79 Å². The summed E-state index contributed by atoms with van der Waals surface area (Å²) in [5, 5.41) is 27.1. The van der Waals surface area contributed by atoms with Crippen molar-refractivity contribution in [2.75, 3.05) is 0 Å². The Kier molecular flexibility index (Phi) is 4.11. The molecule has 1 aromatic rings. The lowest BCUT2D eigenvalue weighted by atomic mass is 9.79. The van der Waals surface area contributed by atoms with Crippen molar-refractivity contribution in [1.82, 2.24) is 15.1 Å². The van der Waals surface area contributed by atoms with E-state index in [0.29, 0.717) is 10.7 Å². The predicted octanol–water partition coefficient (Wildman–Crippen LogP) is 0.863. The minimum atomic E-state index is -1.11. The van der Waals surface area contributed by atoms with Gasteiger partial charge in [-0.2, -0.15) is 10.2 Å². The molecule has 1 fully saturated rings. The van der Waals surface area contributed by atoms with Crippen molar-refractivity contribution in [2.24, 2.45) is 11.8 Å². The fraction of sp³-hybridized carbons (Fsp3) is 0.467. The molecule has 3 heterocycles. The van der Waals surface area contributed by atoms with Gasteiger partial charge in [0.1, 0.15) is 5.70 Å². The molecular weight excluding hydrogens is 318 g/mol. The maximum absolute atomic E-state index is 12.2. The summed E-state index contributed by atoms with van der Waals surface area (Å²) in [5.41, 5.74) is 0.785. The Morgan fingerprint density at radius 2 is 2.26 bits per heavy atom. The van der Waals surface area contributed by atoms with Crippen LogP contribution in [0.25, 0.3) is 0 Å². The van der Waals surface area contributed by atoms with Crippen molar-refractivity contribution >= 4 is 23.6 Å². The number of rotatable bonds is 5. The summed E-state index contributed by atoms with van der Waals surface area (Å²) in [5.74, 6) is -1.60. The average molecular weight is 335 g/mol. The first-order chi connectivity index (χ1) is 10.9.